The fourth-order valence-electron chi connectivity index (χ4n) is 2.55. The summed E-state index contributed by atoms with van der Waals surface area (Å²) in [5, 5.41) is 15.3. The minimum atomic E-state index is -4.70. The fraction of sp³-hybridized carbons (Fsp3) is 0.300. The van der Waals surface area contributed by atoms with E-state index in [4.69, 9.17) is 0 Å². The highest BCUT2D eigenvalue weighted by Crippen LogP contribution is 2.31. The molecule has 13 heteroatoms. The van der Waals surface area contributed by atoms with Crippen LogP contribution in [0.5, 0.6) is 0 Å². The number of hydrogen-bond acceptors (Lipinski definition) is 7. The first-order chi connectivity index (χ1) is 15.2. The van der Waals surface area contributed by atoms with Crippen molar-refractivity contribution in [2.45, 2.75) is 31.8 Å². The van der Waals surface area contributed by atoms with Gasteiger partial charge < -0.3 is 15.7 Å². The Kier molecular flexibility index (Phi) is 6.45. The van der Waals surface area contributed by atoms with E-state index in [1.54, 1.807) is 0 Å². The highest BCUT2D eigenvalue weighted by molar-refractivity contribution is 5.62. The highest BCUT2D eigenvalue weighted by Gasteiger charge is 2.33. The second-order valence-corrected chi connectivity index (χ2v) is 7.59. The molecule has 3 rings (SSSR count). The topological polar surface area (TPSA) is 95.8 Å². The normalized spacial score (nSPS) is 12.5. The largest absolute Gasteiger partial charge is 0.433 e. The number of halogens is 6. The van der Waals surface area contributed by atoms with Crippen LogP contribution in [0.1, 0.15) is 25.1 Å². The molecule has 176 valence electrons. The zero-order valence-corrected chi connectivity index (χ0v) is 17.3. The molecule has 0 aliphatic rings. The van der Waals surface area contributed by atoms with Crippen LogP contribution in [0, 0.1) is 0 Å². The lowest BCUT2D eigenvalue weighted by molar-refractivity contribution is -0.141. The molecule has 0 spiro atoms. The Morgan fingerprint density at radius 2 is 1.55 bits per heavy atom. The molecule has 3 heterocycles. The predicted molar refractivity (Wildman–Crippen MR) is 108 cm³/mol. The van der Waals surface area contributed by atoms with E-state index in [0.717, 1.165) is 30.5 Å². The third kappa shape index (κ3) is 6.75. The summed E-state index contributed by atoms with van der Waals surface area (Å²) in [6.45, 7) is 3.05. The SMILES string of the molecule is CC(C)(O)CNc1cc(Nc2cc(C(F)(F)F)ccn2)nc(-c2cccc(C(F)(F)F)n2)n1. The lowest BCUT2D eigenvalue weighted by Gasteiger charge is -2.19. The van der Waals surface area contributed by atoms with E-state index in [9.17, 15) is 31.4 Å². The maximum Gasteiger partial charge on any atom is 0.433 e. The van der Waals surface area contributed by atoms with Crippen LogP contribution in [0.3, 0.4) is 0 Å². The van der Waals surface area contributed by atoms with Gasteiger partial charge in [0.05, 0.1) is 11.2 Å². The highest BCUT2D eigenvalue weighted by atomic mass is 19.4. The molecule has 0 fully saturated rings. The van der Waals surface area contributed by atoms with Gasteiger partial charge in [-0.1, -0.05) is 6.07 Å². The molecule has 3 aromatic heterocycles. The number of rotatable bonds is 6. The summed E-state index contributed by atoms with van der Waals surface area (Å²) in [7, 11) is 0. The average Bonchev–Trinajstić information content (AvgIpc) is 2.71. The van der Waals surface area contributed by atoms with E-state index >= 15 is 0 Å². The molecule has 0 saturated carbocycles. The fourth-order valence-corrected chi connectivity index (χ4v) is 2.55. The van der Waals surface area contributed by atoms with Crippen molar-refractivity contribution in [1.82, 2.24) is 19.9 Å². The van der Waals surface area contributed by atoms with Crippen LogP contribution in [-0.4, -0.2) is 37.2 Å². The number of anilines is 3. The Balaban J connectivity index is 2.02. The number of hydrogen-bond donors (Lipinski definition) is 3. The maximum absolute atomic E-state index is 13.1. The summed E-state index contributed by atoms with van der Waals surface area (Å²) in [4.78, 5) is 15.6. The third-order valence-corrected chi connectivity index (χ3v) is 4.04. The standard InChI is InChI=1S/C20H18F6N6O/c1-18(2,33)10-28-15-9-16(30-14-8-11(6-7-27-14)19(21,22)23)32-17(31-15)12-4-3-5-13(29-12)20(24,25)26/h3-9,33H,10H2,1-2H3,(H2,27,28,30,31,32). The lowest BCUT2D eigenvalue weighted by atomic mass is 10.1. The number of pyridine rings is 2. The molecule has 3 N–H and O–H groups in total. The van der Waals surface area contributed by atoms with E-state index in [2.05, 4.69) is 30.6 Å². The van der Waals surface area contributed by atoms with Gasteiger partial charge in [0.15, 0.2) is 5.82 Å². The van der Waals surface area contributed by atoms with Gasteiger partial charge in [0.1, 0.15) is 28.8 Å². The molecule has 0 unspecified atom stereocenters. The summed E-state index contributed by atoms with van der Waals surface area (Å²) >= 11 is 0. The minimum Gasteiger partial charge on any atom is -0.389 e. The van der Waals surface area contributed by atoms with Gasteiger partial charge in [-0.3, -0.25) is 0 Å². The van der Waals surface area contributed by atoms with E-state index in [0.29, 0.717) is 0 Å². The average molecular weight is 472 g/mol. The van der Waals surface area contributed by atoms with Gasteiger partial charge in [-0.2, -0.15) is 26.3 Å². The van der Waals surface area contributed by atoms with Gasteiger partial charge >= 0.3 is 12.4 Å². The molecule has 0 aliphatic heterocycles. The monoisotopic (exact) mass is 472 g/mol. The van der Waals surface area contributed by atoms with E-state index in [1.807, 2.05) is 0 Å². The third-order valence-electron chi connectivity index (χ3n) is 4.04. The van der Waals surface area contributed by atoms with Crippen LogP contribution < -0.4 is 10.6 Å². The van der Waals surface area contributed by atoms with E-state index in [-0.39, 0.29) is 35.5 Å². The number of nitrogens with zero attached hydrogens (tertiary/aromatic N) is 4. The van der Waals surface area contributed by atoms with Crippen molar-refractivity contribution >= 4 is 17.5 Å². The molecule has 0 bridgehead atoms. The van der Waals surface area contributed by atoms with Crippen LogP contribution in [-0.2, 0) is 12.4 Å². The van der Waals surface area contributed by atoms with Crippen molar-refractivity contribution in [2.24, 2.45) is 0 Å². The van der Waals surface area contributed by atoms with Gasteiger partial charge in [-0.25, -0.2) is 19.9 Å². The number of aliphatic hydroxyl groups is 1. The van der Waals surface area contributed by atoms with Gasteiger partial charge in [-0.05, 0) is 38.1 Å². The van der Waals surface area contributed by atoms with Gasteiger partial charge in [0, 0.05) is 18.8 Å². The van der Waals surface area contributed by atoms with Crippen molar-refractivity contribution in [3.05, 3.63) is 53.9 Å². The predicted octanol–water partition coefficient (Wildman–Crippen LogP) is 4.90. The summed E-state index contributed by atoms with van der Waals surface area (Å²) in [5.74, 6) is -0.378. The summed E-state index contributed by atoms with van der Waals surface area (Å²) in [5.41, 5.74) is -3.48. The molecule has 0 saturated heterocycles. The van der Waals surface area contributed by atoms with Crippen LogP contribution in [0.25, 0.3) is 11.5 Å². The molecule has 0 aliphatic carbocycles. The first-order valence-electron chi connectivity index (χ1n) is 9.41. The maximum atomic E-state index is 13.1. The van der Waals surface area contributed by atoms with Gasteiger partial charge in [0.25, 0.3) is 0 Å². The molecular weight excluding hydrogens is 454 g/mol. The van der Waals surface area contributed by atoms with Gasteiger partial charge in [0.2, 0.25) is 0 Å². The second-order valence-electron chi connectivity index (χ2n) is 7.59. The van der Waals surface area contributed by atoms with E-state index in [1.165, 1.54) is 26.0 Å². The summed E-state index contributed by atoms with van der Waals surface area (Å²) < 4.78 is 78.1. The van der Waals surface area contributed by atoms with Crippen molar-refractivity contribution in [3.63, 3.8) is 0 Å². The van der Waals surface area contributed by atoms with Crippen LogP contribution in [0.4, 0.5) is 43.8 Å². The molecule has 0 atom stereocenters. The number of nitrogens with one attached hydrogen (secondary N) is 2. The van der Waals surface area contributed by atoms with Crippen molar-refractivity contribution < 1.29 is 31.4 Å². The zero-order valence-electron chi connectivity index (χ0n) is 17.3. The summed E-state index contributed by atoms with van der Waals surface area (Å²) in [6, 6.07) is 6.04. The summed E-state index contributed by atoms with van der Waals surface area (Å²) in [6.07, 6.45) is -8.34. The first-order valence-corrected chi connectivity index (χ1v) is 9.41. The first kappa shape index (κ1) is 24.2. The van der Waals surface area contributed by atoms with E-state index < -0.39 is 29.2 Å². The molecule has 7 nitrogen and oxygen atoms in total. The minimum absolute atomic E-state index is 0.0146. The Bertz CT molecular complexity index is 1130. The van der Waals surface area contributed by atoms with Crippen molar-refractivity contribution in [2.75, 3.05) is 17.2 Å². The quantitative estimate of drug-likeness (QED) is 0.440. The van der Waals surface area contributed by atoms with Crippen LogP contribution >= 0.6 is 0 Å². The Hall–Kier alpha value is -3.48. The molecule has 0 aromatic carbocycles. The lowest BCUT2D eigenvalue weighted by Crippen LogP contribution is -2.29. The second kappa shape index (κ2) is 8.81. The van der Waals surface area contributed by atoms with Crippen molar-refractivity contribution in [3.8, 4) is 11.5 Å². The zero-order chi connectivity index (χ0) is 24.4. The number of alkyl halides is 6. The molecule has 33 heavy (non-hydrogen) atoms. The molecule has 0 amide bonds. The van der Waals surface area contributed by atoms with Crippen LogP contribution in [0.2, 0.25) is 0 Å². The molecule has 3 aromatic rings. The van der Waals surface area contributed by atoms with Gasteiger partial charge in [-0.15, -0.1) is 0 Å². The molecular formula is C20H18F6N6O. The van der Waals surface area contributed by atoms with Crippen LogP contribution in [0.15, 0.2) is 42.6 Å². The Morgan fingerprint density at radius 1 is 0.848 bits per heavy atom. The number of aromatic nitrogens is 4. The Labute approximate surface area is 184 Å². The Morgan fingerprint density at radius 3 is 2.18 bits per heavy atom. The smallest absolute Gasteiger partial charge is 0.389 e. The molecule has 0 radical (unpaired) electrons. The van der Waals surface area contributed by atoms with Crippen molar-refractivity contribution in [1.29, 1.82) is 0 Å².